The van der Waals surface area contributed by atoms with Gasteiger partial charge in [0.1, 0.15) is 0 Å². The van der Waals surface area contributed by atoms with Gasteiger partial charge >= 0.3 is 0 Å². The molecular formula is C15H23ClN2O. The van der Waals surface area contributed by atoms with Gasteiger partial charge in [-0.05, 0) is 30.0 Å². The van der Waals surface area contributed by atoms with E-state index in [0.29, 0.717) is 11.4 Å². The molecule has 0 spiro atoms. The SMILES string of the molecule is CCC(=O)Nc1ccc(Cl)c(NCCC(C)(C)C)c1. The zero-order valence-corrected chi connectivity index (χ0v) is 12.9. The Morgan fingerprint density at radius 2 is 2.00 bits per heavy atom. The first-order valence-corrected chi connectivity index (χ1v) is 7.03. The molecule has 19 heavy (non-hydrogen) atoms. The zero-order chi connectivity index (χ0) is 14.5. The fourth-order valence-electron chi connectivity index (χ4n) is 1.56. The van der Waals surface area contributed by atoms with Crippen LogP contribution in [-0.4, -0.2) is 12.5 Å². The number of carbonyl (C=O) groups is 1. The number of anilines is 2. The lowest BCUT2D eigenvalue weighted by Crippen LogP contribution is -2.13. The standard InChI is InChI=1S/C15H23ClN2O/c1-5-14(19)18-11-6-7-12(16)13(10-11)17-9-8-15(2,3)4/h6-7,10,17H,5,8-9H2,1-4H3,(H,18,19). The van der Waals surface area contributed by atoms with E-state index < -0.39 is 0 Å². The highest BCUT2D eigenvalue weighted by atomic mass is 35.5. The van der Waals surface area contributed by atoms with E-state index in [0.717, 1.165) is 24.3 Å². The molecule has 0 aromatic heterocycles. The van der Waals surface area contributed by atoms with E-state index in [1.54, 1.807) is 6.07 Å². The summed E-state index contributed by atoms with van der Waals surface area (Å²) in [5.74, 6) is 0.00274. The summed E-state index contributed by atoms with van der Waals surface area (Å²) in [5, 5.41) is 6.82. The summed E-state index contributed by atoms with van der Waals surface area (Å²) in [5.41, 5.74) is 1.92. The van der Waals surface area contributed by atoms with Crippen LogP contribution in [0.3, 0.4) is 0 Å². The minimum atomic E-state index is 0.00274. The number of hydrogen-bond acceptors (Lipinski definition) is 2. The third-order valence-corrected chi connectivity index (χ3v) is 3.09. The Hall–Kier alpha value is -1.22. The van der Waals surface area contributed by atoms with Crippen molar-refractivity contribution in [1.82, 2.24) is 0 Å². The molecule has 0 aliphatic carbocycles. The largest absolute Gasteiger partial charge is 0.384 e. The van der Waals surface area contributed by atoms with Crippen LogP contribution in [-0.2, 0) is 4.79 Å². The summed E-state index contributed by atoms with van der Waals surface area (Å²) in [4.78, 5) is 11.4. The molecule has 3 nitrogen and oxygen atoms in total. The van der Waals surface area contributed by atoms with Crippen LogP contribution in [0.25, 0.3) is 0 Å². The molecule has 0 bridgehead atoms. The minimum Gasteiger partial charge on any atom is -0.384 e. The number of halogens is 1. The third-order valence-electron chi connectivity index (χ3n) is 2.76. The number of benzene rings is 1. The Labute approximate surface area is 120 Å². The second kappa shape index (κ2) is 6.80. The minimum absolute atomic E-state index is 0.00274. The molecule has 0 heterocycles. The Morgan fingerprint density at radius 1 is 1.32 bits per heavy atom. The highest BCUT2D eigenvalue weighted by Gasteiger charge is 2.10. The van der Waals surface area contributed by atoms with Crippen LogP contribution in [0.1, 0.15) is 40.5 Å². The Bertz CT molecular complexity index is 438. The second-order valence-corrected chi connectivity index (χ2v) is 6.24. The summed E-state index contributed by atoms with van der Waals surface area (Å²) in [7, 11) is 0. The van der Waals surface area contributed by atoms with Gasteiger partial charge in [0, 0.05) is 18.7 Å². The number of carbonyl (C=O) groups excluding carboxylic acids is 1. The van der Waals surface area contributed by atoms with E-state index >= 15 is 0 Å². The fraction of sp³-hybridized carbons (Fsp3) is 0.533. The van der Waals surface area contributed by atoms with Gasteiger partial charge in [0.2, 0.25) is 5.91 Å². The van der Waals surface area contributed by atoms with E-state index in [1.165, 1.54) is 0 Å². The van der Waals surface area contributed by atoms with Gasteiger partial charge in [0.05, 0.1) is 10.7 Å². The number of nitrogens with one attached hydrogen (secondary N) is 2. The summed E-state index contributed by atoms with van der Waals surface area (Å²) < 4.78 is 0. The highest BCUT2D eigenvalue weighted by Crippen LogP contribution is 2.26. The van der Waals surface area contributed by atoms with Gasteiger partial charge in [0.25, 0.3) is 0 Å². The summed E-state index contributed by atoms with van der Waals surface area (Å²) in [6, 6.07) is 5.48. The maximum absolute atomic E-state index is 11.4. The first-order chi connectivity index (χ1) is 8.81. The lowest BCUT2D eigenvalue weighted by molar-refractivity contribution is -0.115. The van der Waals surface area contributed by atoms with Crippen molar-refractivity contribution in [3.8, 4) is 0 Å². The molecule has 2 N–H and O–H groups in total. The molecule has 0 fully saturated rings. The smallest absolute Gasteiger partial charge is 0.224 e. The molecule has 0 unspecified atom stereocenters. The first-order valence-electron chi connectivity index (χ1n) is 6.65. The molecule has 0 aliphatic rings. The van der Waals surface area contributed by atoms with Gasteiger partial charge in [-0.15, -0.1) is 0 Å². The fourth-order valence-corrected chi connectivity index (χ4v) is 1.74. The van der Waals surface area contributed by atoms with Crippen LogP contribution < -0.4 is 10.6 Å². The van der Waals surface area contributed by atoms with Crippen molar-refractivity contribution >= 4 is 28.9 Å². The molecule has 1 rings (SSSR count). The molecule has 0 atom stereocenters. The van der Waals surface area contributed by atoms with Gasteiger partial charge in [-0.1, -0.05) is 39.3 Å². The van der Waals surface area contributed by atoms with Crippen LogP contribution in [0.15, 0.2) is 18.2 Å². The van der Waals surface area contributed by atoms with E-state index in [1.807, 2.05) is 19.1 Å². The molecule has 0 saturated heterocycles. The monoisotopic (exact) mass is 282 g/mol. The van der Waals surface area contributed by atoms with Crippen LogP contribution in [0.5, 0.6) is 0 Å². The van der Waals surface area contributed by atoms with Crippen molar-refractivity contribution in [3.63, 3.8) is 0 Å². The molecule has 106 valence electrons. The number of hydrogen-bond donors (Lipinski definition) is 2. The van der Waals surface area contributed by atoms with Crippen LogP contribution >= 0.6 is 11.6 Å². The van der Waals surface area contributed by atoms with E-state index in [4.69, 9.17) is 11.6 Å². The second-order valence-electron chi connectivity index (χ2n) is 5.83. The lowest BCUT2D eigenvalue weighted by Gasteiger charge is -2.19. The number of amides is 1. The predicted molar refractivity (Wildman–Crippen MR) is 82.9 cm³/mol. The normalized spacial score (nSPS) is 11.2. The van der Waals surface area contributed by atoms with Crippen molar-refractivity contribution in [2.75, 3.05) is 17.2 Å². The maximum Gasteiger partial charge on any atom is 0.224 e. The maximum atomic E-state index is 11.4. The van der Waals surface area contributed by atoms with Gasteiger partial charge in [0.15, 0.2) is 0 Å². The lowest BCUT2D eigenvalue weighted by atomic mass is 9.92. The van der Waals surface area contributed by atoms with Crippen LogP contribution in [0.2, 0.25) is 5.02 Å². The van der Waals surface area contributed by atoms with Gasteiger partial charge in [-0.2, -0.15) is 0 Å². The zero-order valence-electron chi connectivity index (χ0n) is 12.1. The molecule has 0 radical (unpaired) electrons. The van der Waals surface area contributed by atoms with Gasteiger partial charge in [-0.3, -0.25) is 4.79 Å². The Morgan fingerprint density at radius 3 is 2.58 bits per heavy atom. The number of rotatable bonds is 5. The van der Waals surface area contributed by atoms with Crippen LogP contribution in [0.4, 0.5) is 11.4 Å². The van der Waals surface area contributed by atoms with Crippen molar-refractivity contribution in [2.24, 2.45) is 5.41 Å². The first kappa shape index (κ1) is 15.8. The molecule has 1 aromatic rings. The third kappa shape index (κ3) is 5.97. The van der Waals surface area contributed by atoms with Gasteiger partial charge in [-0.25, -0.2) is 0 Å². The molecule has 4 heteroatoms. The molecule has 1 amide bonds. The quantitative estimate of drug-likeness (QED) is 0.833. The summed E-state index contributed by atoms with van der Waals surface area (Å²) >= 11 is 6.14. The van der Waals surface area contributed by atoms with E-state index in [9.17, 15) is 4.79 Å². The summed E-state index contributed by atoms with van der Waals surface area (Å²) in [6.07, 6.45) is 1.52. The van der Waals surface area contributed by atoms with Crippen LogP contribution in [0, 0.1) is 5.41 Å². The molecule has 0 saturated carbocycles. The topological polar surface area (TPSA) is 41.1 Å². The Balaban J connectivity index is 2.66. The van der Waals surface area contributed by atoms with Crippen molar-refractivity contribution < 1.29 is 4.79 Å². The van der Waals surface area contributed by atoms with Crippen molar-refractivity contribution in [2.45, 2.75) is 40.5 Å². The molecular weight excluding hydrogens is 260 g/mol. The summed E-state index contributed by atoms with van der Waals surface area (Å²) in [6.45, 7) is 9.29. The molecule has 1 aromatic carbocycles. The van der Waals surface area contributed by atoms with E-state index in [-0.39, 0.29) is 11.3 Å². The predicted octanol–water partition coefficient (Wildman–Crippen LogP) is 4.54. The van der Waals surface area contributed by atoms with Crippen molar-refractivity contribution in [1.29, 1.82) is 0 Å². The van der Waals surface area contributed by atoms with E-state index in [2.05, 4.69) is 31.4 Å². The Kier molecular flexibility index (Phi) is 5.67. The van der Waals surface area contributed by atoms with Gasteiger partial charge < -0.3 is 10.6 Å². The molecule has 0 aliphatic heterocycles. The average molecular weight is 283 g/mol. The van der Waals surface area contributed by atoms with Crippen molar-refractivity contribution in [3.05, 3.63) is 23.2 Å². The highest BCUT2D eigenvalue weighted by molar-refractivity contribution is 6.33. The average Bonchev–Trinajstić information content (AvgIpc) is 2.31.